The summed E-state index contributed by atoms with van der Waals surface area (Å²) in [5.41, 5.74) is 8.07. The van der Waals surface area contributed by atoms with Crippen molar-refractivity contribution in [1.82, 2.24) is 9.97 Å². The molecule has 0 aliphatic rings. The van der Waals surface area contributed by atoms with E-state index in [1.54, 1.807) is 0 Å². The second-order valence-corrected chi connectivity index (χ2v) is 5.01. The number of aryl methyl sites for hydroxylation is 1. The topological polar surface area (TPSA) is 80.9 Å². The first kappa shape index (κ1) is 14.0. The van der Waals surface area contributed by atoms with Crippen molar-refractivity contribution < 1.29 is 4.79 Å². The van der Waals surface area contributed by atoms with Gasteiger partial charge in [-0.05, 0) is 24.6 Å². The zero-order valence-electron chi connectivity index (χ0n) is 11.8. The summed E-state index contributed by atoms with van der Waals surface area (Å²) in [7, 11) is 0. The molecule has 1 amide bonds. The van der Waals surface area contributed by atoms with E-state index in [2.05, 4.69) is 15.3 Å². The van der Waals surface area contributed by atoms with Crippen LogP contribution in [0.25, 0.3) is 0 Å². The molecule has 104 valence electrons. The van der Waals surface area contributed by atoms with E-state index in [0.29, 0.717) is 5.82 Å². The highest BCUT2D eigenvalue weighted by atomic mass is 16.1. The van der Waals surface area contributed by atoms with Crippen molar-refractivity contribution >= 4 is 17.3 Å². The fourth-order valence-corrected chi connectivity index (χ4v) is 1.78. The van der Waals surface area contributed by atoms with Crippen LogP contribution in [0.3, 0.4) is 0 Å². The predicted molar refractivity (Wildman–Crippen MR) is 79.7 cm³/mol. The van der Waals surface area contributed by atoms with E-state index in [9.17, 15) is 4.79 Å². The summed E-state index contributed by atoms with van der Waals surface area (Å²) in [6.45, 7) is 5.90. The van der Waals surface area contributed by atoms with Crippen molar-refractivity contribution in [2.75, 3.05) is 11.1 Å². The normalized spacial score (nSPS) is 10.6. The van der Waals surface area contributed by atoms with E-state index in [0.717, 1.165) is 11.3 Å². The van der Waals surface area contributed by atoms with Crippen molar-refractivity contribution in [2.24, 2.45) is 0 Å². The molecule has 5 heteroatoms. The molecular weight excluding hydrogens is 252 g/mol. The highest BCUT2D eigenvalue weighted by Gasteiger charge is 2.15. The molecule has 2 aromatic rings. The van der Waals surface area contributed by atoms with E-state index < -0.39 is 0 Å². The number of anilines is 2. The maximum Gasteiger partial charge on any atom is 0.276 e. The number of nitrogens with zero attached hydrogens (tertiary/aromatic N) is 2. The second-order valence-electron chi connectivity index (χ2n) is 5.01. The molecular formula is C15H18N4O. The summed E-state index contributed by atoms with van der Waals surface area (Å²) in [6, 6.07) is 7.56. The lowest BCUT2D eigenvalue weighted by Crippen LogP contribution is -2.18. The molecule has 1 aromatic carbocycles. The fraction of sp³-hybridized carbons (Fsp3) is 0.267. The number of nitrogens with two attached hydrogens (primary N) is 1. The Morgan fingerprint density at radius 2 is 2.10 bits per heavy atom. The van der Waals surface area contributed by atoms with Gasteiger partial charge in [0.05, 0.1) is 11.9 Å². The molecule has 0 saturated carbocycles. The van der Waals surface area contributed by atoms with Gasteiger partial charge in [-0.1, -0.05) is 26.0 Å². The van der Waals surface area contributed by atoms with Gasteiger partial charge in [0.25, 0.3) is 5.91 Å². The van der Waals surface area contributed by atoms with Gasteiger partial charge in [0.1, 0.15) is 5.82 Å². The Morgan fingerprint density at radius 3 is 2.75 bits per heavy atom. The summed E-state index contributed by atoms with van der Waals surface area (Å²) in [5, 5.41) is 2.80. The van der Waals surface area contributed by atoms with Gasteiger partial charge in [0.2, 0.25) is 0 Å². The first-order valence-corrected chi connectivity index (χ1v) is 6.48. The van der Waals surface area contributed by atoms with Crippen molar-refractivity contribution in [2.45, 2.75) is 26.7 Å². The third kappa shape index (κ3) is 3.12. The average molecular weight is 270 g/mol. The largest absolute Gasteiger partial charge is 0.396 e. The fourth-order valence-electron chi connectivity index (χ4n) is 1.78. The molecule has 5 nitrogen and oxygen atoms in total. The van der Waals surface area contributed by atoms with Crippen LogP contribution in [-0.2, 0) is 0 Å². The van der Waals surface area contributed by atoms with E-state index in [4.69, 9.17) is 5.73 Å². The molecule has 0 aliphatic heterocycles. The average Bonchev–Trinajstić information content (AvgIpc) is 2.38. The summed E-state index contributed by atoms with van der Waals surface area (Å²) in [6.07, 6.45) is 1.48. The lowest BCUT2D eigenvalue weighted by atomic mass is 10.2. The second kappa shape index (κ2) is 5.69. The van der Waals surface area contributed by atoms with Gasteiger partial charge in [-0.2, -0.15) is 0 Å². The minimum absolute atomic E-state index is 0.140. The van der Waals surface area contributed by atoms with Crippen molar-refractivity contribution in [3.05, 3.63) is 47.5 Å². The van der Waals surface area contributed by atoms with Crippen LogP contribution in [0.1, 0.15) is 41.6 Å². The molecule has 20 heavy (non-hydrogen) atoms. The zero-order chi connectivity index (χ0) is 14.7. The molecule has 0 unspecified atom stereocenters. The van der Waals surface area contributed by atoms with Crippen LogP contribution in [0, 0.1) is 6.92 Å². The van der Waals surface area contributed by atoms with E-state index >= 15 is 0 Å². The van der Waals surface area contributed by atoms with Crippen LogP contribution in [0.5, 0.6) is 0 Å². The number of amides is 1. The minimum Gasteiger partial charge on any atom is -0.396 e. The highest BCUT2D eigenvalue weighted by molar-refractivity contribution is 6.06. The van der Waals surface area contributed by atoms with Crippen LogP contribution < -0.4 is 11.1 Å². The molecule has 0 saturated heterocycles. The number of carbonyl (C=O) groups excluding carboxylic acids is 1. The quantitative estimate of drug-likeness (QED) is 0.898. The molecule has 3 N–H and O–H groups in total. The lowest BCUT2D eigenvalue weighted by Gasteiger charge is -2.10. The number of aromatic nitrogens is 2. The lowest BCUT2D eigenvalue weighted by molar-refractivity contribution is 0.102. The smallest absolute Gasteiger partial charge is 0.276 e. The molecule has 1 aromatic heterocycles. The van der Waals surface area contributed by atoms with E-state index in [-0.39, 0.29) is 23.2 Å². The summed E-state index contributed by atoms with van der Waals surface area (Å²) < 4.78 is 0. The predicted octanol–water partition coefficient (Wildman–Crippen LogP) is 2.74. The molecule has 1 heterocycles. The standard InChI is InChI=1S/C15H18N4O/c1-9(2)14-17-8-12(16)13(19-14)15(20)18-11-6-4-5-10(3)7-11/h4-9H,16H2,1-3H3,(H,18,20). The number of hydrogen-bond donors (Lipinski definition) is 2. The first-order chi connectivity index (χ1) is 9.47. The Labute approximate surface area is 118 Å². The third-order valence-electron chi connectivity index (χ3n) is 2.84. The van der Waals surface area contributed by atoms with Gasteiger partial charge in [0.15, 0.2) is 5.69 Å². The Hall–Kier alpha value is -2.43. The summed E-state index contributed by atoms with van der Waals surface area (Å²) in [4.78, 5) is 20.6. The SMILES string of the molecule is Cc1cccc(NC(=O)c2nc(C(C)C)ncc2N)c1. The Bertz CT molecular complexity index is 638. The van der Waals surface area contributed by atoms with Crippen LogP contribution in [-0.4, -0.2) is 15.9 Å². The van der Waals surface area contributed by atoms with E-state index in [1.165, 1.54) is 6.20 Å². The number of hydrogen-bond acceptors (Lipinski definition) is 4. The Balaban J connectivity index is 2.27. The molecule has 0 aliphatic carbocycles. The number of benzene rings is 1. The van der Waals surface area contributed by atoms with Gasteiger partial charge >= 0.3 is 0 Å². The number of carbonyl (C=O) groups is 1. The van der Waals surface area contributed by atoms with Gasteiger partial charge in [0, 0.05) is 11.6 Å². The molecule has 0 spiro atoms. The summed E-state index contributed by atoms with van der Waals surface area (Å²) >= 11 is 0. The monoisotopic (exact) mass is 270 g/mol. The Morgan fingerprint density at radius 1 is 1.35 bits per heavy atom. The molecule has 0 fully saturated rings. The van der Waals surface area contributed by atoms with Gasteiger partial charge in [-0.15, -0.1) is 0 Å². The molecule has 0 bridgehead atoms. The number of nitrogens with one attached hydrogen (secondary N) is 1. The van der Waals surface area contributed by atoms with Crippen molar-refractivity contribution in [3.8, 4) is 0 Å². The molecule has 0 radical (unpaired) electrons. The van der Waals surface area contributed by atoms with Crippen molar-refractivity contribution in [1.29, 1.82) is 0 Å². The van der Waals surface area contributed by atoms with Gasteiger partial charge in [-0.25, -0.2) is 9.97 Å². The maximum atomic E-state index is 12.2. The zero-order valence-corrected chi connectivity index (χ0v) is 11.8. The van der Waals surface area contributed by atoms with Crippen LogP contribution >= 0.6 is 0 Å². The highest BCUT2D eigenvalue weighted by Crippen LogP contribution is 2.16. The third-order valence-corrected chi connectivity index (χ3v) is 2.84. The first-order valence-electron chi connectivity index (χ1n) is 6.48. The minimum atomic E-state index is -0.322. The van der Waals surface area contributed by atoms with Gasteiger partial charge < -0.3 is 11.1 Å². The van der Waals surface area contributed by atoms with Crippen LogP contribution in [0.15, 0.2) is 30.5 Å². The molecule has 0 atom stereocenters. The molecule has 2 rings (SSSR count). The number of rotatable bonds is 3. The van der Waals surface area contributed by atoms with E-state index in [1.807, 2.05) is 45.0 Å². The summed E-state index contributed by atoms with van der Waals surface area (Å²) in [5.74, 6) is 0.423. The number of nitrogen functional groups attached to an aromatic ring is 1. The Kier molecular flexibility index (Phi) is 3.98. The van der Waals surface area contributed by atoms with Crippen LogP contribution in [0.2, 0.25) is 0 Å². The van der Waals surface area contributed by atoms with Crippen LogP contribution in [0.4, 0.5) is 11.4 Å². The maximum absolute atomic E-state index is 12.2. The van der Waals surface area contributed by atoms with Crippen molar-refractivity contribution in [3.63, 3.8) is 0 Å². The van der Waals surface area contributed by atoms with Gasteiger partial charge in [-0.3, -0.25) is 4.79 Å².